The molecule has 102 valence electrons. The monoisotopic (exact) mass is 273 g/mol. The zero-order valence-corrected chi connectivity index (χ0v) is 9.91. The first-order chi connectivity index (χ1) is 9.11. The molecule has 0 unspecified atom stereocenters. The van der Waals surface area contributed by atoms with Crippen LogP contribution >= 0.6 is 0 Å². The molecule has 0 spiro atoms. The Kier molecular flexibility index (Phi) is 4.00. The summed E-state index contributed by atoms with van der Waals surface area (Å²) in [5.41, 5.74) is -0.0139. The number of aromatic nitrogens is 2. The third-order valence-electron chi connectivity index (χ3n) is 2.25. The molecule has 19 heavy (non-hydrogen) atoms. The Morgan fingerprint density at radius 3 is 2.58 bits per heavy atom. The van der Waals surface area contributed by atoms with Gasteiger partial charge in [0.05, 0.1) is 6.61 Å². The van der Waals surface area contributed by atoms with Crippen LogP contribution in [0.25, 0.3) is 11.4 Å². The van der Waals surface area contributed by atoms with Crippen LogP contribution in [0, 0.1) is 17.5 Å². The lowest BCUT2D eigenvalue weighted by molar-refractivity contribution is 0.210. The van der Waals surface area contributed by atoms with Gasteiger partial charge in [-0.05, 0) is 12.1 Å². The molecular formula is C11H10F3N3O2. The van der Waals surface area contributed by atoms with E-state index in [1.54, 1.807) is 0 Å². The number of nitrogens with one attached hydrogen (secondary N) is 1. The smallest absolute Gasteiger partial charge is 0.321 e. The molecule has 0 saturated carbocycles. The molecule has 1 aromatic carbocycles. The fourth-order valence-corrected chi connectivity index (χ4v) is 1.36. The molecular weight excluding hydrogens is 263 g/mol. The van der Waals surface area contributed by atoms with Gasteiger partial charge in [-0.1, -0.05) is 5.16 Å². The van der Waals surface area contributed by atoms with E-state index in [0.717, 1.165) is 12.1 Å². The molecule has 2 rings (SSSR count). The molecule has 1 N–H and O–H groups in total. The minimum atomic E-state index is -1.54. The summed E-state index contributed by atoms with van der Waals surface area (Å²) in [7, 11) is 1.53. The quantitative estimate of drug-likeness (QED) is 0.668. The van der Waals surface area contributed by atoms with Crippen LogP contribution < -0.4 is 5.32 Å². The molecule has 0 aliphatic rings. The van der Waals surface area contributed by atoms with Gasteiger partial charge in [-0.2, -0.15) is 4.98 Å². The Hall–Kier alpha value is -2.09. The summed E-state index contributed by atoms with van der Waals surface area (Å²) >= 11 is 0. The van der Waals surface area contributed by atoms with Crippen LogP contribution in [0.2, 0.25) is 0 Å². The molecule has 1 heterocycles. The molecule has 0 bridgehead atoms. The maximum absolute atomic E-state index is 13.0. The van der Waals surface area contributed by atoms with Crippen LogP contribution in [-0.4, -0.2) is 30.4 Å². The van der Waals surface area contributed by atoms with Gasteiger partial charge in [0, 0.05) is 19.2 Å². The van der Waals surface area contributed by atoms with Crippen LogP contribution in [-0.2, 0) is 4.74 Å². The third-order valence-corrected chi connectivity index (χ3v) is 2.25. The average molecular weight is 273 g/mol. The summed E-state index contributed by atoms with van der Waals surface area (Å²) in [5.74, 6) is -4.20. The van der Waals surface area contributed by atoms with Crippen molar-refractivity contribution in [2.75, 3.05) is 25.6 Å². The molecule has 1 aromatic heterocycles. The van der Waals surface area contributed by atoms with Crippen LogP contribution in [0.3, 0.4) is 0 Å². The summed E-state index contributed by atoms with van der Waals surface area (Å²) < 4.78 is 48.5. The number of hydrogen-bond acceptors (Lipinski definition) is 5. The van der Waals surface area contributed by atoms with Gasteiger partial charge in [-0.25, -0.2) is 13.2 Å². The van der Waals surface area contributed by atoms with Gasteiger partial charge < -0.3 is 14.6 Å². The van der Waals surface area contributed by atoms with E-state index in [9.17, 15) is 13.2 Å². The zero-order chi connectivity index (χ0) is 13.8. The van der Waals surface area contributed by atoms with Crippen molar-refractivity contribution in [1.29, 1.82) is 0 Å². The molecule has 0 saturated heterocycles. The molecule has 0 radical (unpaired) electrons. The number of rotatable bonds is 5. The van der Waals surface area contributed by atoms with Crippen LogP contribution in [0.15, 0.2) is 16.7 Å². The topological polar surface area (TPSA) is 60.2 Å². The summed E-state index contributed by atoms with van der Waals surface area (Å²) in [5, 5.41) is 6.28. The molecule has 0 amide bonds. The molecule has 0 atom stereocenters. The predicted molar refractivity (Wildman–Crippen MR) is 60.0 cm³/mol. The van der Waals surface area contributed by atoms with E-state index in [2.05, 4.69) is 15.5 Å². The molecule has 0 aliphatic carbocycles. The summed E-state index contributed by atoms with van der Waals surface area (Å²) in [6.07, 6.45) is 0. The second kappa shape index (κ2) is 5.70. The molecule has 5 nitrogen and oxygen atoms in total. The number of halogens is 3. The Balaban J connectivity index is 2.18. The highest BCUT2D eigenvalue weighted by atomic mass is 19.2. The maximum atomic E-state index is 13.0. The largest absolute Gasteiger partial charge is 0.383 e. The van der Waals surface area contributed by atoms with Crippen LogP contribution in [0.5, 0.6) is 0 Å². The molecule has 8 heteroatoms. The number of methoxy groups -OCH3 is 1. The lowest BCUT2D eigenvalue weighted by Crippen LogP contribution is -2.07. The highest BCUT2D eigenvalue weighted by Crippen LogP contribution is 2.22. The third kappa shape index (κ3) is 3.02. The molecule has 2 aromatic rings. The highest BCUT2D eigenvalue weighted by Gasteiger charge is 2.15. The van der Waals surface area contributed by atoms with E-state index in [1.807, 2.05) is 0 Å². The van der Waals surface area contributed by atoms with Crippen molar-refractivity contribution >= 4 is 6.01 Å². The van der Waals surface area contributed by atoms with Gasteiger partial charge in [0.1, 0.15) is 0 Å². The van der Waals surface area contributed by atoms with Gasteiger partial charge in [0.15, 0.2) is 17.5 Å². The van der Waals surface area contributed by atoms with E-state index in [4.69, 9.17) is 9.26 Å². The Morgan fingerprint density at radius 2 is 1.95 bits per heavy atom. The van der Waals surface area contributed by atoms with E-state index in [1.165, 1.54) is 7.11 Å². The van der Waals surface area contributed by atoms with Crippen molar-refractivity contribution < 1.29 is 22.4 Å². The summed E-state index contributed by atoms with van der Waals surface area (Å²) in [4.78, 5) is 3.86. The first kappa shape index (κ1) is 13.3. The fraction of sp³-hybridized carbons (Fsp3) is 0.273. The van der Waals surface area contributed by atoms with Crippen molar-refractivity contribution in [3.8, 4) is 11.4 Å². The molecule has 0 aliphatic heterocycles. The lowest BCUT2D eigenvalue weighted by Gasteiger charge is -1.98. The maximum Gasteiger partial charge on any atom is 0.321 e. The standard InChI is InChI=1S/C11H10F3N3O2/c1-18-3-2-15-11-16-10(17-19-11)6-4-7(12)9(14)8(13)5-6/h4-5H,2-3H2,1H3,(H,15,16,17). The first-order valence-electron chi connectivity index (χ1n) is 5.33. The Labute approximate surface area is 106 Å². The minimum absolute atomic E-state index is 0.0139. The van der Waals surface area contributed by atoms with E-state index < -0.39 is 17.5 Å². The van der Waals surface area contributed by atoms with Crippen molar-refractivity contribution in [3.05, 3.63) is 29.6 Å². The van der Waals surface area contributed by atoms with Crippen molar-refractivity contribution in [3.63, 3.8) is 0 Å². The Morgan fingerprint density at radius 1 is 1.26 bits per heavy atom. The minimum Gasteiger partial charge on any atom is -0.383 e. The Bertz CT molecular complexity index is 551. The van der Waals surface area contributed by atoms with Gasteiger partial charge in [0.2, 0.25) is 5.82 Å². The van der Waals surface area contributed by atoms with E-state index in [-0.39, 0.29) is 17.4 Å². The van der Waals surface area contributed by atoms with Crippen molar-refractivity contribution in [1.82, 2.24) is 10.1 Å². The fourth-order valence-electron chi connectivity index (χ4n) is 1.36. The normalized spacial score (nSPS) is 10.7. The van der Waals surface area contributed by atoms with Gasteiger partial charge in [-0.15, -0.1) is 0 Å². The SMILES string of the molecule is COCCNc1nc(-c2cc(F)c(F)c(F)c2)no1. The second-order valence-corrected chi connectivity index (χ2v) is 3.60. The van der Waals surface area contributed by atoms with Crippen LogP contribution in [0.4, 0.5) is 19.2 Å². The summed E-state index contributed by atoms with van der Waals surface area (Å²) in [6.45, 7) is 0.863. The number of hydrogen-bond donors (Lipinski definition) is 1. The predicted octanol–water partition coefficient (Wildman–Crippen LogP) is 2.21. The van der Waals surface area contributed by atoms with Gasteiger partial charge in [0.25, 0.3) is 0 Å². The second-order valence-electron chi connectivity index (χ2n) is 3.60. The number of ether oxygens (including phenoxy) is 1. The first-order valence-corrected chi connectivity index (χ1v) is 5.33. The van der Waals surface area contributed by atoms with Gasteiger partial charge in [-0.3, -0.25) is 0 Å². The molecule has 0 fully saturated rings. The number of benzene rings is 1. The number of nitrogens with zero attached hydrogens (tertiary/aromatic N) is 2. The van der Waals surface area contributed by atoms with Gasteiger partial charge >= 0.3 is 6.01 Å². The number of anilines is 1. The van der Waals surface area contributed by atoms with E-state index in [0.29, 0.717) is 13.2 Å². The van der Waals surface area contributed by atoms with Crippen LogP contribution in [0.1, 0.15) is 0 Å². The lowest BCUT2D eigenvalue weighted by atomic mass is 10.2. The van der Waals surface area contributed by atoms with Crippen molar-refractivity contribution in [2.45, 2.75) is 0 Å². The summed E-state index contributed by atoms with van der Waals surface area (Å²) in [6, 6.07) is 1.67. The highest BCUT2D eigenvalue weighted by molar-refractivity contribution is 5.55. The van der Waals surface area contributed by atoms with E-state index >= 15 is 0 Å². The van der Waals surface area contributed by atoms with Crippen molar-refractivity contribution in [2.24, 2.45) is 0 Å². The zero-order valence-electron chi connectivity index (χ0n) is 9.91. The average Bonchev–Trinajstić information content (AvgIpc) is 2.84.